The Bertz CT molecular complexity index is 1210. The van der Waals surface area contributed by atoms with Crippen LogP contribution in [0.5, 0.6) is 0 Å². The molecule has 8 nitrogen and oxygen atoms in total. The largest absolute Gasteiger partial charge is 0.416 e. The molecule has 3 rings (SSSR count). The van der Waals surface area contributed by atoms with Crippen molar-refractivity contribution in [3.63, 3.8) is 0 Å². The van der Waals surface area contributed by atoms with Crippen molar-refractivity contribution in [2.45, 2.75) is 18.8 Å². The highest BCUT2D eigenvalue weighted by atomic mass is 19.4. The molecular weight excluding hydrogens is 425 g/mol. The number of halogens is 3. The third-order valence-corrected chi connectivity index (χ3v) is 4.61. The molecule has 32 heavy (non-hydrogen) atoms. The van der Waals surface area contributed by atoms with E-state index in [1.54, 1.807) is 0 Å². The lowest BCUT2D eigenvalue weighted by Gasteiger charge is -2.13. The average molecular weight is 442 g/mol. The number of rotatable bonds is 6. The predicted octanol–water partition coefficient (Wildman–Crippen LogP) is 2.96. The second-order valence-corrected chi connectivity index (χ2v) is 6.83. The highest BCUT2D eigenvalue weighted by Gasteiger charge is 2.30. The zero-order chi connectivity index (χ0) is 23.5. The number of nitrogens with zero attached hydrogens (tertiary/aromatic N) is 5. The van der Waals surface area contributed by atoms with Gasteiger partial charge in [0.1, 0.15) is 23.5 Å². The second-order valence-electron chi connectivity index (χ2n) is 6.83. The number of ether oxygens (including phenoxy) is 1. The van der Waals surface area contributed by atoms with E-state index in [-0.39, 0.29) is 46.9 Å². The van der Waals surface area contributed by atoms with E-state index in [1.165, 1.54) is 36.3 Å². The first-order valence-electron chi connectivity index (χ1n) is 9.20. The molecule has 0 spiro atoms. The highest BCUT2D eigenvalue weighted by molar-refractivity contribution is 5.86. The molecular formula is C21H17F3N6O2. The van der Waals surface area contributed by atoms with Gasteiger partial charge in [0.05, 0.1) is 42.3 Å². The van der Waals surface area contributed by atoms with Gasteiger partial charge in [0.2, 0.25) is 0 Å². The molecule has 3 aromatic rings. The van der Waals surface area contributed by atoms with Gasteiger partial charge in [-0.25, -0.2) is 4.98 Å². The molecule has 1 unspecified atom stereocenters. The predicted molar refractivity (Wildman–Crippen MR) is 108 cm³/mol. The molecule has 0 fully saturated rings. The minimum absolute atomic E-state index is 0.0347. The lowest BCUT2D eigenvalue weighted by molar-refractivity contribution is -0.137. The SMILES string of the molecule is COCC(O)Cn1cc(-c2nc(N)c(C#N)c(-c3ccc(C(F)(F)F)cc3)c2C#N)cn1. The minimum atomic E-state index is -4.53. The van der Waals surface area contributed by atoms with Crippen LogP contribution in [-0.2, 0) is 17.5 Å². The van der Waals surface area contributed by atoms with E-state index < -0.39 is 17.8 Å². The van der Waals surface area contributed by atoms with E-state index in [0.717, 1.165) is 12.1 Å². The van der Waals surface area contributed by atoms with Gasteiger partial charge in [-0.1, -0.05) is 12.1 Å². The van der Waals surface area contributed by atoms with E-state index in [0.29, 0.717) is 5.56 Å². The van der Waals surface area contributed by atoms with Gasteiger partial charge in [0, 0.05) is 24.4 Å². The Labute approximate surface area is 180 Å². The van der Waals surface area contributed by atoms with Crippen LogP contribution in [-0.4, -0.2) is 39.7 Å². The van der Waals surface area contributed by atoms with Crippen LogP contribution in [0.1, 0.15) is 16.7 Å². The molecule has 0 aliphatic heterocycles. The Kier molecular flexibility index (Phi) is 6.44. The number of aromatic nitrogens is 3. The summed E-state index contributed by atoms with van der Waals surface area (Å²) in [6, 6.07) is 7.93. The zero-order valence-electron chi connectivity index (χ0n) is 16.8. The van der Waals surface area contributed by atoms with Crippen molar-refractivity contribution >= 4 is 5.82 Å². The van der Waals surface area contributed by atoms with Gasteiger partial charge < -0.3 is 15.6 Å². The van der Waals surface area contributed by atoms with Crippen LogP contribution in [0.4, 0.5) is 19.0 Å². The van der Waals surface area contributed by atoms with Crippen LogP contribution in [0.15, 0.2) is 36.7 Å². The van der Waals surface area contributed by atoms with Gasteiger partial charge in [-0.05, 0) is 17.7 Å². The van der Waals surface area contributed by atoms with Crippen molar-refractivity contribution in [3.8, 4) is 34.5 Å². The summed E-state index contributed by atoms with van der Waals surface area (Å²) in [6.07, 6.45) is -2.40. The van der Waals surface area contributed by atoms with Gasteiger partial charge in [0.15, 0.2) is 0 Å². The smallest absolute Gasteiger partial charge is 0.389 e. The number of aliphatic hydroxyl groups is 1. The van der Waals surface area contributed by atoms with Crippen molar-refractivity contribution < 1.29 is 23.0 Å². The summed E-state index contributed by atoms with van der Waals surface area (Å²) in [5, 5.41) is 33.4. The van der Waals surface area contributed by atoms with Crippen LogP contribution in [0.25, 0.3) is 22.4 Å². The van der Waals surface area contributed by atoms with Crippen LogP contribution in [0, 0.1) is 22.7 Å². The second kappa shape index (κ2) is 9.06. The number of benzene rings is 1. The molecule has 0 aliphatic carbocycles. The van der Waals surface area contributed by atoms with Gasteiger partial charge in [-0.15, -0.1) is 0 Å². The maximum Gasteiger partial charge on any atom is 0.416 e. The number of hydrogen-bond donors (Lipinski definition) is 2. The number of anilines is 1. The zero-order valence-corrected chi connectivity index (χ0v) is 16.8. The van der Waals surface area contributed by atoms with E-state index in [1.807, 2.05) is 12.1 Å². The molecule has 0 saturated heterocycles. The number of pyridine rings is 1. The van der Waals surface area contributed by atoms with Crippen molar-refractivity contribution in [1.82, 2.24) is 14.8 Å². The summed E-state index contributed by atoms with van der Waals surface area (Å²) in [4.78, 5) is 4.17. The number of nitriles is 2. The summed E-state index contributed by atoms with van der Waals surface area (Å²) in [5.41, 5.74) is 5.73. The molecule has 0 amide bonds. The lowest BCUT2D eigenvalue weighted by Crippen LogP contribution is -2.21. The lowest BCUT2D eigenvalue weighted by atomic mass is 9.92. The quantitative estimate of drug-likeness (QED) is 0.599. The van der Waals surface area contributed by atoms with Gasteiger partial charge in [-0.3, -0.25) is 4.68 Å². The van der Waals surface area contributed by atoms with Gasteiger partial charge in [-0.2, -0.15) is 28.8 Å². The Hall–Kier alpha value is -3.93. The van der Waals surface area contributed by atoms with Crippen LogP contribution in [0.2, 0.25) is 0 Å². The van der Waals surface area contributed by atoms with Crippen molar-refractivity contribution in [3.05, 3.63) is 53.3 Å². The number of methoxy groups -OCH3 is 1. The number of alkyl halides is 3. The third kappa shape index (κ3) is 4.54. The molecule has 164 valence electrons. The summed E-state index contributed by atoms with van der Waals surface area (Å²) in [7, 11) is 1.45. The number of nitrogens with two attached hydrogens (primary N) is 1. The monoisotopic (exact) mass is 442 g/mol. The molecule has 2 heterocycles. The summed E-state index contributed by atoms with van der Waals surface area (Å²) in [6.45, 7) is 0.214. The molecule has 2 aromatic heterocycles. The van der Waals surface area contributed by atoms with Crippen molar-refractivity contribution in [2.24, 2.45) is 0 Å². The third-order valence-electron chi connectivity index (χ3n) is 4.61. The van der Waals surface area contributed by atoms with Gasteiger partial charge in [0.25, 0.3) is 0 Å². The van der Waals surface area contributed by atoms with Crippen LogP contribution < -0.4 is 5.73 Å². The Morgan fingerprint density at radius 2 is 1.81 bits per heavy atom. The minimum Gasteiger partial charge on any atom is -0.389 e. The number of aliphatic hydroxyl groups excluding tert-OH is 1. The maximum atomic E-state index is 12.9. The van der Waals surface area contributed by atoms with Crippen molar-refractivity contribution in [1.29, 1.82) is 10.5 Å². The van der Waals surface area contributed by atoms with E-state index in [9.17, 15) is 28.8 Å². The topological polar surface area (TPSA) is 134 Å². The first-order chi connectivity index (χ1) is 15.2. The Morgan fingerprint density at radius 1 is 1.16 bits per heavy atom. The van der Waals surface area contributed by atoms with E-state index >= 15 is 0 Å². The first-order valence-corrected chi connectivity index (χ1v) is 9.20. The number of nitrogen functional groups attached to an aromatic ring is 1. The fraction of sp³-hybridized carbons (Fsp3) is 0.238. The van der Waals surface area contributed by atoms with Gasteiger partial charge >= 0.3 is 6.18 Å². The normalized spacial score (nSPS) is 12.2. The Morgan fingerprint density at radius 3 is 2.38 bits per heavy atom. The fourth-order valence-electron chi connectivity index (χ4n) is 3.20. The van der Waals surface area contributed by atoms with Crippen LogP contribution >= 0.6 is 0 Å². The summed E-state index contributed by atoms with van der Waals surface area (Å²) < 4.78 is 45.1. The molecule has 0 aliphatic rings. The molecule has 1 atom stereocenters. The number of hydrogen-bond acceptors (Lipinski definition) is 7. The summed E-state index contributed by atoms with van der Waals surface area (Å²) in [5.74, 6) is -0.177. The maximum absolute atomic E-state index is 12.9. The first kappa shape index (κ1) is 22.7. The van der Waals surface area contributed by atoms with E-state index in [2.05, 4.69) is 10.1 Å². The average Bonchev–Trinajstić information content (AvgIpc) is 3.20. The Balaban J connectivity index is 2.13. The highest BCUT2D eigenvalue weighted by Crippen LogP contribution is 2.37. The summed E-state index contributed by atoms with van der Waals surface area (Å²) >= 11 is 0. The van der Waals surface area contributed by atoms with E-state index in [4.69, 9.17) is 10.5 Å². The molecule has 0 saturated carbocycles. The molecule has 0 bridgehead atoms. The van der Waals surface area contributed by atoms with Crippen molar-refractivity contribution in [2.75, 3.05) is 19.5 Å². The molecule has 0 radical (unpaired) electrons. The molecule has 3 N–H and O–H groups in total. The standard InChI is InChI=1S/C21H17F3N6O2/c1-32-11-15(31)10-30-9-13(8-28-30)19-16(6-25)18(17(7-26)20(27)29-19)12-2-4-14(5-3-12)21(22,23)24/h2-5,8-9,15,31H,10-11H2,1H3,(H2,27,29). The fourth-order valence-corrected chi connectivity index (χ4v) is 3.20. The van der Waals surface area contributed by atoms with Crippen LogP contribution in [0.3, 0.4) is 0 Å². The molecule has 1 aromatic carbocycles. The molecule has 11 heteroatoms.